The zero-order chi connectivity index (χ0) is 20.2. The van der Waals surface area contributed by atoms with Crippen LogP contribution in [0.4, 0.5) is 0 Å². The lowest BCUT2D eigenvalue weighted by Crippen LogP contribution is -2.37. The molecule has 0 bridgehead atoms. The minimum Gasteiger partial charge on any atom is -0.459 e. The third kappa shape index (κ3) is 14.6. The summed E-state index contributed by atoms with van der Waals surface area (Å²) in [5.41, 5.74) is 0.236. The van der Waals surface area contributed by atoms with Gasteiger partial charge in [0.2, 0.25) is 0 Å². The first-order valence-electron chi connectivity index (χ1n) is 8.48. The van der Waals surface area contributed by atoms with Gasteiger partial charge in [-0.15, -0.1) is 0 Å². The van der Waals surface area contributed by atoms with E-state index in [1.165, 1.54) is 6.92 Å². The fraction of sp³-hybridized carbons (Fsp3) is 0.812. The maximum absolute atomic E-state index is 12.1. The molecule has 0 aliphatic rings. The Morgan fingerprint density at radius 1 is 1.27 bits per heavy atom. The first kappa shape index (κ1) is 25.5. The molecule has 2 atom stereocenters. The standard InChI is InChI=1S/C16H32NO7PSi/c1-14(2)16(18)22-13-15(12-21-9-7-11-26-6)24-25(19,20)23-10-8-17(3,4)5/h15H,1,7-13H2,2-6H3/p+1. The van der Waals surface area contributed by atoms with Crippen molar-refractivity contribution in [3.8, 4) is 0 Å². The number of esters is 1. The van der Waals surface area contributed by atoms with Crippen molar-refractivity contribution in [2.45, 2.75) is 32.0 Å². The number of carbonyl (C=O) groups is 1. The molecule has 0 rings (SSSR count). The van der Waals surface area contributed by atoms with Crippen LogP contribution < -0.4 is 0 Å². The second-order valence-electron chi connectivity index (χ2n) is 6.95. The largest absolute Gasteiger partial charge is 0.472 e. The molecule has 0 heterocycles. The van der Waals surface area contributed by atoms with E-state index in [0.717, 1.165) is 22.0 Å². The summed E-state index contributed by atoms with van der Waals surface area (Å²) in [6.07, 6.45) is -0.00775. The molecule has 8 nitrogen and oxygen atoms in total. The van der Waals surface area contributed by atoms with E-state index >= 15 is 0 Å². The van der Waals surface area contributed by atoms with Crippen LogP contribution in [0, 0.1) is 0 Å². The molecular weight excluding hydrogens is 377 g/mol. The number of hydrogen-bond donors (Lipinski definition) is 1. The Balaban J connectivity index is 4.56. The first-order chi connectivity index (χ1) is 12.0. The van der Waals surface area contributed by atoms with E-state index in [9.17, 15) is 14.3 Å². The second-order valence-corrected chi connectivity index (χ2v) is 9.57. The molecule has 0 aliphatic carbocycles. The highest BCUT2D eigenvalue weighted by Gasteiger charge is 2.28. The Hall–Kier alpha value is -0.543. The van der Waals surface area contributed by atoms with Crippen molar-refractivity contribution in [2.75, 3.05) is 54.1 Å². The van der Waals surface area contributed by atoms with Crippen molar-refractivity contribution in [1.29, 1.82) is 0 Å². The molecule has 10 heteroatoms. The van der Waals surface area contributed by atoms with Gasteiger partial charge in [0.05, 0.1) is 27.7 Å². The number of phosphoric ester groups is 1. The fourth-order valence-corrected chi connectivity index (χ4v) is 2.99. The van der Waals surface area contributed by atoms with Crippen molar-refractivity contribution in [1.82, 2.24) is 0 Å². The van der Waals surface area contributed by atoms with Crippen LogP contribution in [0.2, 0.25) is 12.6 Å². The molecule has 152 valence electrons. The molecular formula is C16H33NO7PSi+. The van der Waals surface area contributed by atoms with Crippen LogP contribution in [0.5, 0.6) is 0 Å². The summed E-state index contributed by atoms with van der Waals surface area (Å²) in [7, 11) is 2.39. The second kappa shape index (κ2) is 12.8. The van der Waals surface area contributed by atoms with Crippen LogP contribution in [-0.4, -0.2) is 85.1 Å². The predicted molar refractivity (Wildman–Crippen MR) is 101 cm³/mol. The zero-order valence-electron chi connectivity index (χ0n) is 16.5. The van der Waals surface area contributed by atoms with Crippen LogP contribution in [0.25, 0.3) is 0 Å². The zero-order valence-corrected chi connectivity index (χ0v) is 18.4. The monoisotopic (exact) mass is 410 g/mol. The third-order valence-electron chi connectivity index (χ3n) is 3.07. The summed E-state index contributed by atoms with van der Waals surface area (Å²) >= 11 is 0. The summed E-state index contributed by atoms with van der Waals surface area (Å²) in [5, 5.41) is 0. The van der Waals surface area contributed by atoms with Crippen molar-refractivity contribution in [2.24, 2.45) is 0 Å². The molecule has 26 heavy (non-hydrogen) atoms. The molecule has 0 aromatic heterocycles. The van der Waals surface area contributed by atoms with E-state index in [-0.39, 0.29) is 25.4 Å². The summed E-state index contributed by atoms with van der Waals surface area (Å²) in [6, 6.07) is 1.06. The highest BCUT2D eigenvalue weighted by Crippen LogP contribution is 2.44. The van der Waals surface area contributed by atoms with Gasteiger partial charge in [0, 0.05) is 21.7 Å². The van der Waals surface area contributed by atoms with E-state index in [4.69, 9.17) is 18.5 Å². The molecule has 2 radical (unpaired) electrons. The maximum atomic E-state index is 12.1. The normalized spacial score (nSPS) is 15.3. The summed E-state index contributed by atoms with van der Waals surface area (Å²) in [6.45, 7) is 8.04. The van der Waals surface area contributed by atoms with Gasteiger partial charge in [-0.2, -0.15) is 0 Å². The van der Waals surface area contributed by atoms with Crippen LogP contribution in [0.15, 0.2) is 12.2 Å². The van der Waals surface area contributed by atoms with Gasteiger partial charge in [-0.05, 0) is 13.3 Å². The van der Waals surface area contributed by atoms with Crippen LogP contribution in [0.1, 0.15) is 13.3 Å². The summed E-state index contributed by atoms with van der Waals surface area (Å²) in [5.74, 6) is -0.593. The van der Waals surface area contributed by atoms with Gasteiger partial charge < -0.3 is 18.9 Å². The first-order valence-corrected chi connectivity index (χ1v) is 11.7. The smallest absolute Gasteiger partial charge is 0.459 e. The van der Waals surface area contributed by atoms with Crippen molar-refractivity contribution < 1.29 is 37.3 Å². The van der Waals surface area contributed by atoms with Gasteiger partial charge in [0.25, 0.3) is 0 Å². The van der Waals surface area contributed by atoms with Gasteiger partial charge in [-0.25, -0.2) is 9.36 Å². The molecule has 0 saturated heterocycles. The summed E-state index contributed by atoms with van der Waals surface area (Å²) in [4.78, 5) is 21.4. The van der Waals surface area contributed by atoms with Gasteiger partial charge in [-0.1, -0.05) is 19.2 Å². The lowest BCUT2D eigenvalue weighted by Gasteiger charge is -2.25. The van der Waals surface area contributed by atoms with Gasteiger partial charge in [-0.3, -0.25) is 9.05 Å². The van der Waals surface area contributed by atoms with Crippen molar-refractivity contribution in [3.05, 3.63) is 12.2 Å². The Morgan fingerprint density at radius 3 is 2.46 bits per heavy atom. The van der Waals surface area contributed by atoms with E-state index in [2.05, 4.69) is 13.1 Å². The fourth-order valence-electron chi connectivity index (χ4n) is 1.62. The van der Waals surface area contributed by atoms with Crippen LogP contribution in [0.3, 0.4) is 0 Å². The predicted octanol–water partition coefficient (Wildman–Crippen LogP) is 1.89. The van der Waals surface area contributed by atoms with Crippen molar-refractivity contribution in [3.63, 3.8) is 0 Å². The number of hydrogen-bond acceptors (Lipinski definition) is 6. The SMILES string of the molecule is C=C(C)C(=O)OCC(COCCC[Si]C)OP(=O)(O)OCC[N+](C)(C)C. The highest BCUT2D eigenvalue weighted by molar-refractivity contribution is 7.47. The van der Waals surface area contributed by atoms with E-state index < -0.39 is 19.9 Å². The molecule has 0 aliphatic heterocycles. The Labute approximate surface area is 159 Å². The van der Waals surface area contributed by atoms with Crippen LogP contribution >= 0.6 is 7.82 Å². The molecule has 0 amide bonds. The quantitative estimate of drug-likeness (QED) is 0.110. The molecule has 0 aromatic carbocycles. The topological polar surface area (TPSA) is 91.3 Å². The molecule has 1 N–H and O–H groups in total. The third-order valence-corrected chi connectivity index (χ3v) is 4.99. The minimum absolute atomic E-state index is 0.0273. The molecule has 0 aromatic rings. The summed E-state index contributed by atoms with van der Waals surface area (Å²) < 4.78 is 33.3. The van der Waals surface area contributed by atoms with Crippen LogP contribution in [-0.2, 0) is 27.9 Å². The molecule has 0 spiro atoms. The van der Waals surface area contributed by atoms with Gasteiger partial charge >= 0.3 is 13.8 Å². The number of nitrogens with zero attached hydrogens (tertiary/aromatic N) is 1. The van der Waals surface area contributed by atoms with Gasteiger partial charge in [0.1, 0.15) is 25.9 Å². The minimum atomic E-state index is -4.28. The number of ether oxygens (including phenoxy) is 2. The number of likely N-dealkylation sites (N-methyl/N-ethyl adjacent to an activating group) is 1. The van der Waals surface area contributed by atoms with E-state index in [0.29, 0.717) is 17.6 Å². The lowest BCUT2D eigenvalue weighted by atomic mass is 10.3. The lowest BCUT2D eigenvalue weighted by molar-refractivity contribution is -0.870. The van der Waals surface area contributed by atoms with Gasteiger partial charge in [0.15, 0.2) is 0 Å². The Kier molecular flexibility index (Phi) is 12.5. The number of rotatable bonds is 15. The number of carbonyl (C=O) groups excluding carboxylic acids is 1. The highest BCUT2D eigenvalue weighted by atomic mass is 31.2. The maximum Gasteiger partial charge on any atom is 0.472 e. The molecule has 2 unspecified atom stereocenters. The molecule has 0 fully saturated rings. The number of phosphoric acid groups is 1. The molecule has 0 saturated carbocycles. The number of quaternary nitrogens is 1. The van der Waals surface area contributed by atoms with Crippen molar-refractivity contribution >= 4 is 23.3 Å². The Bertz CT molecular complexity index is 482. The average Bonchev–Trinajstić information content (AvgIpc) is 2.49. The Morgan fingerprint density at radius 2 is 1.92 bits per heavy atom. The van der Waals surface area contributed by atoms with E-state index in [1.54, 1.807) is 0 Å². The van der Waals surface area contributed by atoms with E-state index in [1.807, 2.05) is 21.1 Å². The average molecular weight is 411 g/mol.